The molecule has 0 aromatic heterocycles. The minimum atomic E-state index is -1.13. The molecule has 1 N–H and O–H groups in total. The molecule has 2 rings (SSSR count). The molecule has 0 heterocycles. The van der Waals surface area contributed by atoms with E-state index in [1.807, 2.05) is 22.6 Å². The summed E-state index contributed by atoms with van der Waals surface area (Å²) in [6.45, 7) is 0. The zero-order valence-corrected chi connectivity index (χ0v) is 26.7. The number of amides is 1. The number of nitrogens with zero attached hydrogens (tertiary/aromatic N) is 1. The number of hydrogen-bond donors (Lipinski definition) is 1. The number of halogens is 7. The van der Waals surface area contributed by atoms with Gasteiger partial charge in [-0.2, -0.15) is 0 Å². The predicted octanol–water partition coefficient (Wildman–Crippen LogP) is 7.60. The van der Waals surface area contributed by atoms with Crippen molar-refractivity contribution in [2.45, 2.75) is 0 Å². The van der Waals surface area contributed by atoms with E-state index in [9.17, 15) is 18.4 Å². The zero-order valence-electron chi connectivity index (χ0n) is 15.7. The Labute approximate surface area is 244 Å². The maximum atomic E-state index is 13.0. The van der Waals surface area contributed by atoms with Crippen LogP contribution in [-0.2, 0) is 18.6 Å². The molecule has 4 nitrogen and oxygen atoms in total. The first-order valence-electron chi connectivity index (χ1n) is 7.28. The van der Waals surface area contributed by atoms with Gasteiger partial charge in [0.05, 0.1) is 16.9 Å². The van der Waals surface area contributed by atoms with Crippen molar-refractivity contribution >= 4 is 112 Å². The van der Waals surface area contributed by atoms with Gasteiger partial charge >= 0.3 is 5.97 Å². The maximum absolute atomic E-state index is 13.0. The van der Waals surface area contributed by atoms with Crippen molar-refractivity contribution < 1.29 is 42.0 Å². The van der Waals surface area contributed by atoms with E-state index in [4.69, 9.17) is 5.11 Å². The van der Waals surface area contributed by atoms with Gasteiger partial charge in [-0.3, -0.25) is 9.73 Å². The van der Waals surface area contributed by atoms with Gasteiger partial charge in [-0.15, -0.1) is 0 Å². The summed E-state index contributed by atoms with van der Waals surface area (Å²) < 4.78 is 27.4. The van der Waals surface area contributed by atoms with Crippen LogP contribution in [0.25, 0.3) is 0 Å². The Bertz CT molecular complexity index is 803. The summed E-state index contributed by atoms with van der Waals surface area (Å²) >= 11 is 12.4. The fraction of sp³-hybridized carbons (Fsp3) is 0.167. The molecule has 12 heteroatoms. The minimum Gasteiger partial charge on any atom is -0.478 e. The molecule has 0 aliphatic rings. The van der Waals surface area contributed by atoms with E-state index in [-0.39, 0.29) is 34.5 Å². The molecule has 1 radical (unpaired) electrons. The monoisotopic (exact) mass is 923 g/mol. The van der Waals surface area contributed by atoms with E-state index >= 15 is 0 Å². The summed E-state index contributed by atoms with van der Waals surface area (Å²) in [6.07, 6.45) is 0. The van der Waals surface area contributed by atoms with Crippen LogP contribution in [0.3, 0.4) is 0 Å². The Morgan fingerprint density at radius 2 is 1.30 bits per heavy atom. The van der Waals surface area contributed by atoms with Gasteiger partial charge in [0.2, 0.25) is 0 Å². The smallest absolute Gasteiger partial charge is 0.335 e. The molecule has 0 saturated heterocycles. The summed E-state index contributed by atoms with van der Waals surface area (Å²) in [5, 5.41) is 8.42. The van der Waals surface area contributed by atoms with Gasteiger partial charge in [0.1, 0.15) is 11.6 Å². The second-order valence-electron chi connectivity index (χ2n) is 4.86. The number of alkyl halides is 2. The van der Waals surface area contributed by atoms with Crippen LogP contribution in [0.15, 0.2) is 45.3 Å². The van der Waals surface area contributed by atoms with Crippen LogP contribution in [0.4, 0.5) is 8.78 Å². The number of carboxylic acids is 1. The van der Waals surface area contributed by atoms with E-state index < -0.39 is 17.6 Å². The fourth-order valence-electron chi connectivity index (χ4n) is 1.52. The Hall–Kier alpha value is 0.974. The number of benzene rings is 2. The van der Waals surface area contributed by atoms with Gasteiger partial charge in [-0.05, 0) is 68.3 Å². The fourth-order valence-corrected chi connectivity index (χ4v) is 2.01. The maximum Gasteiger partial charge on any atom is 0.335 e. The van der Waals surface area contributed by atoms with Gasteiger partial charge in [0, 0.05) is 38.2 Å². The summed E-state index contributed by atoms with van der Waals surface area (Å²) in [7, 11) is 3.25. The molecule has 0 saturated carbocycles. The zero-order chi connectivity index (χ0) is 23.1. The molecule has 0 bridgehead atoms. The average Bonchev–Trinajstić information content (AvgIpc) is 2.68. The minimum absolute atomic E-state index is 0. The van der Waals surface area contributed by atoms with Crippen molar-refractivity contribution in [3.63, 3.8) is 0 Å². The van der Waals surface area contributed by atoms with Crippen molar-refractivity contribution in [1.29, 1.82) is 0 Å². The van der Waals surface area contributed by atoms with Crippen molar-refractivity contribution in [2.24, 2.45) is 0 Å². The van der Waals surface area contributed by atoms with Crippen LogP contribution >= 0.6 is 99.6 Å². The molecular formula is C18H17Br2F2I3NO3V-. The third-order valence-corrected chi connectivity index (χ3v) is 4.03. The molecule has 0 unspecified atom stereocenters. The Morgan fingerprint density at radius 1 is 0.967 bits per heavy atom. The number of carbonyl (C=O) groups excluding carboxylic acids is 1. The second-order valence-corrected chi connectivity index (χ2v) is 11.0. The summed E-state index contributed by atoms with van der Waals surface area (Å²) in [6, 6.07) is 7.97. The summed E-state index contributed by atoms with van der Waals surface area (Å²) in [4.78, 5) is 26.3. The summed E-state index contributed by atoms with van der Waals surface area (Å²) in [5.74, 6) is -2.32. The second kappa shape index (κ2) is 20.6. The molecular weight excluding hydrogens is 908 g/mol. The van der Waals surface area contributed by atoms with E-state index in [0.29, 0.717) is 10.0 Å². The Kier molecular flexibility index (Phi) is 24.4. The number of rotatable bonds is 2. The van der Waals surface area contributed by atoms with E-state index in [0.717, 1.165) is 6.07 Å². The van der Waals surface area contributed by atoms with Gasteiger partial charge < -0.3 is 32.6 Å². The first-order valence-corrected chi connectivity index (χ1v) is 13.4. The van der Waals surface area contributed by atoms with Crippen molar-refractivity contribution in [2.75, 3.05) is 16.5 Å². The SMILES string of the molecule is CN(C)C(=O)c1ccc(Br)c(F)c1.ICI.O=C(O)c1ccc(Br)c(F)c1.[CH2-]I.[V]. The van der Waals surface area contributed by atoms with Crippen molar-refractivity contribution in [1.82, 2.24) is 4.90 Å². The normalized spacial score (nSPS) is 8.60. The van der Waals surface area contributed by atoms with Gasteiger partial charge in [0.15, 0.2) is 0 Å². The van der Waals surface area contributed by atoms with Crippen molar-refractivity contribution in [3.8, 4) is 0 Å². The molecule has 2 aromatic carbocycles. The Morgan fingerprint density at radius 3 is 1.60 bits per heavy atom. The Balaban J connectivity index is -0.000000392. The molecule has 167 valence electrons. The molecule has 0 spiro atoms. The van der Waals surface area contributed by atoms with Crippen LogP contribution < -0.4 is 0 Å². The molecule has 0 aliphatic carbocycles. The molecule has 2 aromatic rings. The standard InChI is InChI=1S/C9H9BrFNO.C7H4BrFO2.CH2I2.CH2I.V/c1-12(2)9(13)6-3-4-7(10)8(11)5-6;8-5-2-1-4(7(10)11)3-6(5)9;2-1-3;1-2;/h3-5H,1-2H3;1-3H,(H,10,11);1H2;1H2;/q;;;-1;. The average molecular weight is 925 g/mol. The number of carboxylic acid groups (broad SMARTS) is 1. The van der Waals surface area contributed by atoms with E-state index in [2.05, 4.69) is 82.0 Å². The van der Waals surface area contributed by atoms with E-state index in [1.165, 1.54) is 31.6 Å². The number of carbonyl (C=O) groups is 2. The van der Waals surface area contributed by atoms with Crippen molar-refractivity contribution in [3.05, 3.63) is 73.0 Å². The summed E-state index contributed by atoms with van der Waals surface area (Å²) in [5.41, 5.74) is 0.302. The quantitative estimate of drug-likeness (QED) is 0.192. The van der Waals surface area contributed by atoms with Crippen LogP contribution in [0.2, 0.25) is 0 Å². The molecule has 0 fully saturated rings. The first kappa shape index (κ1) is 35.6. The van der Waals surface area contributed by atoms with Gasteiger partial charge in [-0.25, -0.2) is 13.6 Å². The van der Waals surface area contributed by atoms with Crippen LogP contribution in [0, 0.1) is 16.6 Å². The van der Waals surface area contributed by atoms with Gasteiger partial charge in [-0.1, -0.05) is 45.2 Å². The van der Waals surface area contributed by atoms with E-state index in [1.54, 1.807) is 20.2 Å². The topological polar surface area (TPSA) is 57.6 Å². The van der Waals surface area contributed by atoms with Crippen LogP contribution in [0.1, 0.15) is 20.7 Å². The third-order valence-electron chi connectivity index (χ3n) is 2.74. The largest absolute Gasteiger partial charge is 0.478 e. The molecule has 1 amide bonds. The molecule has 0 aliphatic heterocycles. The first-order chi connectivity index (χ1) is 13.5. The third kappa shape index (κ3) is 14.9. The predicted molar refractivity (Wildman–Crippen MR) is 145 cm³/mol. The van der Waals surface area contributed by atoms with Crippen LogP contribution in [-0.4, -0.2) is 38.4 Å². The number of hydrogen-bond acceptors (Lipinski definition) is 2. The molecule has 0 atom stereocenters. The van der Waals surface area contributed by atoms with Crippen LogP contribution in [0.5, 0.6) is 0 Å². The van der Waals surface area contributed by atoms with Gasteiger partial charge in [0.25, 0.3) is 5.91 Å². The molecule has 30 heavy (non-hydrogen) atoms. The number of aromatic carboxylic acids is 1.